The van der Waals surface area contributed by atoms with Gasteiger partial charge in [-0.25, -0.2) is 0 Å². The van der Waals surface area contributed by atoms with Gasteiger partial charge in [-0.05, 0) is 37.3 Å². The minimum Gasteiger partial charge on any atom is -0.508 e. The van der Waals surface area contributed by atoms with Gasteiger partial charge in [0, 0.05) is 12.1 Å². The summed E-state index contributed by atoms with van der Waals surface area (Å²) in [5.41, 5.74) is 0.475. The summed E-state index contributed by atoms with van der Waals surface area (Å²) in [5, 5.41) is 9.38. The molecule has 0 spiro atoms. The lowest BCUT2D eigenvalue weighted by Gasteiger charge is -2.19. The molecule has 4 nitrogen and oxygen atoms in total. The third-order valence-corrected chi connectivity index (χ3v) is 2.69. The number of carbonyl (C=O) groups excluding carboxylic acids is 1. The van der Waals surface area contributed by atoms with Crippen LogP contribution in [0.15, 0.2) is 47.1 Å². The molecule has 2 aromatic rings. The van der Waals surface area contributed by atoms with Crippen LogP contribution in [0.1, 0.15) is 23.0 Å². The first-order valence-electron chi connectivity index (χ1n) is 5.81. The Morgan fingerprint density at radius 1 is 1.33 bits per heavy atom. The summed E-state index contributed by atoms with van der Waals surface area (Å²) in [4.78, 5) is 13.9. The number of hydrogen-bond donors (Lipinski definition) is 1. The number of phenolic OH excluding ortho intramolecular Hbond substituents is 1. The molecular formula is C14H15NO3. The smallest absolute Gasteiger partial charge is 0.254 e. The van der Waals surface area contributed by atoms with Gasteiger partial charge in [0.2, 0.25) is 0 Å². The molecule has 0 saturated carbocycles. The number of aromatic hydroxyl groups is 1. The van der Waals surface area contributed by atoms with Gasteiger partial charge in [0.1, 0.15) is 11.5 Å². The van der Waals surface area contributed by atoms with Crippen molar-refractivity contribution in [3.63, 3.8) is 0 Å². The van der Waals surface area contributed by atoms with E-state index >= 15 is 0 Å². The van der Waals surface area contributed by atoms with Crippen LogP contribution in [-0.4, -0.2) is 22.5 Å². The first-order chi connectivity index (χ1) is 8.70. The monoisotopic (exact) mass is 245 g/mol. The van der Waals surface area contributed by atoms with Crippen molar-refractivity contribution in [2.75, 3.05) is 6.54 Å². The summed E-state index contributed by atoms with van der Waals surface area (Å²) in [5.74, 6) is 0.713. The maximum Gasteiger partial charge on any atom is 0.254 e. The van der Waals surface area contributed by atoms with Gasteiger partial charge >= 0.3 is 0 Å². The van der Waals surface area contributed by atoms with Crippen LogP contribution in [0, 0.1) is 0 Å². The summed E-state index contributed by atoms with van der Waals surface area (Å²) in [6.07, 6.45) is 1.59. The molecule has 1 heterocycles. The molecule has 1 N–H and O–H groups in total. The topological polar surface area (TPSA) is 53.7 Å². The van der Waals surface area contributed by atoms with Gasteiger partial charge in [0.25, 0.3) is 5.91 Å². The second kappa shape index (κ2) is 5.40. The number of phenols is 1. The van der Waals surface area contributed by atoms with Crippen LogP contribution in [0.4, 0.5) is 0 Å². The molecule has 0 unspecified atom stereocenters. The molecule has 18 heavy (non-hydrogen) atoms. The molecule has 0 bridgehead atoms. The van der Waals surface area contributed by atoms with Gasteiger partial charge in [0.05, 0.1) is 12.8 Å². The van der Waals surface area contributed by atoms with Crippen LogP contribution in [0.25, 0.3) is 0 Å². The Labute approximate surface area is 105 Å². The van der Waals surface area contributed by atoms with Crippen LogP contribution < -0.4 is 0 Å². The van der Waals surface area contributed by atoms with Crippen molar-refractivity contribution in [1.29, 1.82) is 0 Å². The van der Waals surface area contributed by atoms with E-state index in [0.717, 1.165) is 5.76 Å². The first kappa shape index (κ1) is 12.2. The zero-order valence-electron chi connectivity index (χ0n) is 10.2. The number of rotatable bonds is 4. The van der Waals surface area contributed by atoms with Crippen molar-refractivity contribution >= 4 is 5.91 Å². The summed E-state index contributed by atoms with van der Waals surface area (Å²) >= 11 is 0. The number of hydrogen-bond acceptors (Lipinski definition) is 3. The molecule has 0 atom stereocenters. The number of amides is 1. The lowest BCUT2D eigenvalue weighted by Crippen LogP contribution is -2.30. The van der Waals surface area contributed by atoms with Crippen LogP contribution in [0.5, 0.6) is 5.75 Å². The summed E-state index contributed by atoms with van der Waals surface area (Å²) in [7, 11) is 0. The van der Waals surface area contributed by atoms with Gasteiger partial charge < -0.3 is 14.4 Å². The summed E-state index contributed by atoms with van der Waals surface area (Å²) in [6.45, 7) is 2.91. The van der Waals surface area contributed by atoms with E-state index in [1.165, 1.54) is 6.07 Å². The van der Waals surface area contributed by atoms with Crippen molar-refractivity contribution in [3.8, 4) is 5.75 Å². The molecule has 94 valence electrons. The van der Waals surface area contributed by atoms with E-state index in [-0.39, 0.29) is 11.7 Å². The van der Waals surface area contributed by atoms with Crippen molar-refractivity contribution < 1.29 is 14.3 Å². The molecule has 0 aliphatic heterocycles. The summed E-state index contributed by atoms with van der Waals surface area (Å²) < 4.78 is 5.23. The Morgan fingerprint density at radius 3 is 2.78 bits per heavy atom. The molecule has 1 amide bonds. The fourth-order valence-electron chi connectivity index (χ4n) is 1.74. The first-order valence-corrected chi connectivity index (χ1v) is 5.81. The average Bonchev–Trinajstić information content (AvgIpc) is 2.88. The standard InChI is InChI=1S/C14H15NO3/c1-2-15(10-13-7-4-8-18-13)14(17)11-5-3-6-12(16)9-11/h3-9,16H,2,10H2,1H3. The van der Waals surface area contributed by atoms with Crippen molar-refractivity contribution in [1.82, 2.24) is 4.90 Å². The number of nitrogens with zero attached hydrogens (tertiary/aromatic N) is 1. The predicted molar refractivity (Wildman–Crippen MR) is 67.2 cm³/mol. The van der Waals surface area contributed by atoms with E-state index < -0.39 is 0 Å². The summed E-state index contributed by atoms with van der Waals surface area (Å²) in [6, 6.07) is 9.98. The van der Waals surface area contributed by atoms with Crippen molar-refractivity contribution in [2.24, 2.45) is 0 Å². The van der Waals surface area contributed by atoms with E-state index in [9.17, 15) is 9.90 Å². The van der Waals surface area contributed by atoms with Crippen LogP contribution in [0.2, 0.25) is 0 Å². The molecule has 2 rings (SSSR count). The maximum atomic E-state index is 12.2. The highest BCUT2D eigenvalue weighted by molar-refractivity contribution is 5.94. The van der Waals surface area contributed by atoms with E-state index in [4.69, 9.17) is 4.42 Å². The number of furan rings is 1. The Morgan fingerprint density at radius 2 is 2.17 bits per heavy atom. The van der Waals surface area contributed by atoms with Crippen LogP contribution >= 0.6 is 0 Å². The number of carbonyl (C=O) groups is 1. The fourth-order valence-corrected chi connectivity index (χ4v) is 1.74. The molecule has 0 fully saturated rings. The van der Waals surface area contributed by atoms with E-state index in [0.29, 0.717) is 18.7 Å². The highest BCUT2D eigenvalue weighted by Crippen LogP contribution is 2.15. The molecule has 1 aromatic heterocycles. The Balaban J connectivity index is 2.15. The highest BCUT2D eigenvalue weighted by atomic mass is 16.3. The Hall–Kier alpha value is -2.23. The Bertz CT molecular complexity index is 520. The maximum absolute atomic E-state index is 12.2. The predicted octanol–water partition coefficient (Wildman–Crippen LogP) is 2.65. The third-order valence-electron chi connectivity index (χ3n) is 2.69. The minimum atomic E-state index is -0.121. The second-order valence-electron chi connectivity index (χ2n) is 3.95. The molecule has 0 aliphatic rings. The highest BCUT2D eigenvalue weighted by Gasteiger charge is 2.15. The molecule has 4 heteroatoms. The lowest BCUT2D eigenvalue weighted by molar-refractivity contribution is 0.0741. The van der Waals surface area contributed by atoms with Crippen molar-refractivity contribution in [3.05, 3.63) is 54.0 Å². The largest absolute Gasteiger partial charge is 0.508 e. The molecule has 1 aromatic carbocycles. The van der Waals surface area contributed by atoms with Crippen molar-refractivity contribution in [2.45, 2.75) is 13.5 Å². The zero-order valence-corrected chi connectivity index (χ0v) is 10.2. The molecule has 0 radical (unpaired) electrons. The van der Waals surface area contributed by atoms with Crippen LogP contribution in [0.3, 0.4) is 0 Å². The Kier molecular flexibility index (Phi) is 3.67. The number of benzene rings is 1. The third kappa shape index (κ3) is 2.71. The quantitative estimate of drug-likeness (QED) is 0.900. The van der Waals surface area contributed by atoms with Gasteiger partial charge in [-0.15, -0.1) is 0 Å². The van der Waals surface area contributed by atoms with Crippen LogP contribution in [-0.2, 0) is 6.54 Å². The van der Waals surface area contributed by atoms with Gasteiger partial charge in [0.15, 0.2) is 0 Å². The van der Waals surface area contributed by atoms with E-state index in [2.05, 4.69) is 0 Å². The van der Waals surface area contributed by atoms with E-state index in [1.807, 2.05) is 13.0 Å². The van der Waals surface area contributed by atoms with E-state index in [1.54, 1.807) is 35.4 Å². The molecule has 0 saturated heterocycles. The normalized spacial score (nSPS) is 10.3. The second-order valence-corrected chi connectivity index (χ2v) is 3.95. The fraction of sp³-hybridized carbons (Fsp3) is 0.214. The zero-order chi connectivity index (χ0) is 13.0. The molecular weight excluding hydrogens is 230 g/mol. The average molecular weight is 245 g/mol. The SMILES string of the molecule is CCN(Cc1ccco1)C(=O)c1cccc(O)c1. The molecule has 0 aliphatic carbocycles. The van der Waals surface area contributed by atoms with Gasteiger partial charge in [-0.2, -0.15) is 0 Å². The van der Waals surface area contributed by atoms with Gasteiger partial charge in [-0.1, -0.05) is 6.07 Å². The van der Waals surface area contributed by atoms with Gasteiger partial charge in [-0.3, -0.25) is 4.79 Å². The minimum absolute atomic E-state index is 0.0925. The lowest BCUT2D eigenvalue weighted by atomic mass is 10.2.